The summed E-state index contributed by atoms with van der Waals surface area (Å²) < 4.78 is 48.9. The summed E-state index contributed by atoms with van der Waals surface area (Å²) >= 11 is 0. The third-order valence-electron chi connectivity index (χ3n) is 6.86. The van der Waals surface area contributed by atoms with E-state index in [-0.39, 0.29) is 29.0 Å². The maximum absolute atomic E-state index is 14.3. The normalized spacial score (nSPS) is 20.8. The van der Waals surface area contributed by atoms with Crippen LogP contribution in [0.1, 0.15) is 34.6 Å². The molecule has 2 heterocycles. The van der Waals surface area contributed by atoms with Crippen molar-refractivity contribution in [1.82, 2.24) is 4.90 Å². The van der Waals surface area contributed by atoms with Gasteiger partial charge < -0.3 is 27.5 Å². The fourth-order valence-electron chi connectivity index (χ4n) is 4.98. The molecule has 44 heavy (non-hydrogen) atoms. The third-order valence-corrected chi connectivity index (χ3v) is 9.23. The van der Waals surface area contributed by atoms with E-state index in [4.69, 9.17) is 27.5 Å². The number of hydrogen-bond acceptors (Lipinski definition) is 10. The first-order chi connectivity index (χ1) is 20.5. The molecule has 0 N–H and O–H groups in total. The number of phosphoric acid groups is 1. The van der Waals surface area contributed by atoms with Crippen LogP contribution in [-0.4, -0.2) is 49.8 Å². The molecule has 0 unspecified atom stereocenters. The summed E-state index contributed by atoms with van der Waals surface area (Å²) in [6.45, 7) is 13.9. The number of phosphoric ester groups is 1. The van der Waals surface area contributed by atoms with E-state index in [2.05, 4.69) is 0 Å². The van der Waals surface area contributed by atoms with Gasteiger partial charge >= 0.3 is 19.8 Å². The lowest BCUT2D eigenvalue weighted by atomic mass is 9.79. The second-order valence-corrected chi connectivity index (χ2v) is 18.7. The Morgan fingerprint density at radius 3 is 1.93 bits per heavy atom. The standard InChI is InChI=1S/C31H40NO10PSi/c1-20-26-25(21(2)42-44(6,7)8)28(34)32(26)29(38-24(33)19-37-30(35)31(3,4)5)27(20)41-43(36,39-22-15-11-9-12-16-22)40-23-17-13-10-14-18-23/h9-18,20-21,25-26H,19H2,1-8H3/t20-,21-,25-,26-/m1/s1. The summed E-state index contributed by atoms with van der Waals surface area (Å²) in [5, 5.41) is 0. The van der Waals surface area contributed by atoms with Gasteiger partial charge in [0.25, 0.3) is 0 Å². The monoisotopic (exact) mass is 645 g/mol. The summed E-state index contributed by atoms with van der Waals surface area (Å²) in [5.41, 5.74) is -0.843. The summed E-state index contributed by atoms with van der Waals surface area (Å²) in [5.74, 6) is -2.98. The molecular formula is C31H40NO10PSi. The van der Waals surface area contributed by atoms with E-state index in [0.717, 1.165) is 0 Å². The van der Waals surface area contributed by atoms with Crippen LogP contribution in [0, 0.1) is 17.3 Å². The van der Waals surface area contributed by atoms with Crippen LogP contribution in [0.15, 0.2) is 72.3 Å². The molecule has 2 aromatic rings. The van der Waals surface area contributed by atoms with E-state index in [1.54, 1.807) is 88.4 Å². The first kappa shape index (κ1) is 33.3. The number of benzene rings is 2. The molecule has 0 saturated carbocycles. The Hall–Kier alpha value is -3.60. The number of β-lactam (4-membered cyclic amide) rings is 1. The summed E-state index contributed by atoms with van der Waals surface area (Å²) in [6.07, 6.45) is -0.435. The fourth-order valence-corrected chi connectivity index (χ4v) is 7.60. The van der Waals surface area contributed by atoms with Crippen LogP contribution >= 0.6 is 7.82 Å². The van der Waals surface area contributed by atoms with Crippen molar-refractivity contribution in [2.24, 2.45) is 17.3 Å². The van der Waals surface area contributed by atoms with Gasteiger partial charge in [-0.15, -0.1) is 0 Å². The molecular weight excluding hydrogens is 605 g/mol. The Bertz CT molecular complexity index is 1410. The van der Waals surface area contributed by atoms with Gasteiger partial charge in [-0.25, -0.2) is 4.79 Å². The van der Waals surface area contributed by atoms with E-state index < -0.39 is 64.1 Å². The van der Waals surface area contributed by atoms with Gasteiger partial charge in [0.15, 0.2) is 20.7 Å². The number of fused-ring (bicyclic) bond motifs is 1. The number of esters is 2. The number of carbonyl (C=O) groups excluding carboxylic acids is 3. The van der Waals surface area contributed by atoms with Crippen LogP contribution in [0.2, 0.25) is 19.6 Å². The maximum atomic E-state index is 14.3. The van der Waals surface area contributed by atoms with Crippen molar-refractivity contribution in [2.45, 2.75) is 66.4 Å². The molecule has 0 bridgehead atoms. The molecule has 0 aromatic heterocycles. The van der Waals surface area contributed by atoms with Gasteiger partial charge in [0.1, 0.15) is 11.5 Å². The van der Waals surface area contributed by atoms with Gasteiger partial charge in [0.2, 0.25) is 11.8 Å². The van der Waals surface area contributed by atoms with Crippen molar-refractivity contribution >= 4 is 34.0 Å². The molecule has 13 heteroatoms. The molecule has 2 aliphatic heterocycles. The Balaban J connectivity index is 1.69. The molecule has 2 aliphatic rings. The zero-order valence-electron chi connectivity index (χ0n) is 26.3. The lowest BCUT2D eigenvalue weighted by Gasteiger charge is -2.47. The Kier molecular flexibility index (Phi) is 9.68. The smallest absolute Gasteiger partial charge is 0.453 e. The molecule has 1 saturated heterocycles. The van der Waals surface area contributed by atoms with Crippen molar-refractivity contribution in [1.29, 1.82) is 0 Å². The Morgan fingerprint density at radius 2 is 1.45 bits per heavy atom. The van der Waals surface area contributed by atoms with E-state index in [9.17, 15) is 18.9 Å². The lowest BCUT2D eigenvalue weighted by molar-refractivity contribution is -0.170. The SMILES string of the molecule is C[C@@H](O[Si](C)(C)C)[C@H]1C(=O)N2C(OC(=O)COC(=O)C(C)(C)C)=C(OP(=O)(Oc3ccccc3)Oc3ccccc3)[C@H](C)[C@H]12. The molecule has 1 fully saturated rings. The molecule has 0 radical (unpaired) electrons. The van der Waals surface area contributed by atoms with Crippen molar-refractivity contribution in [3.05, 3.63) is 72.3 Å². The molecule has 0 spiro atoms. The van der Waals surface area contributed by atoms with Crippen LogP contribution in [0.5, 0.6) is 11.5 Å². The Labute approximate surface area is 259 Å². The predicted molar refractivity (Wildman–Crippen MR) is 164 cm³/mol. The first-order valence-corrected chi connectivity index (χ1v) is 19.3. The number of rotatable bonds is 12. The number of para-hydroxylation sites is 2. The van der Waals surface area contributed by atoms with Crippen LogP contribution in [-0.2, 0) is 37.4 Å². The minimum Gasteiger partial charge on any atom is -0.453 e. The summed E-state index contributed by atoms with van der Waals surface area (Å²) in [4.78, 5) is 40.1. The number of nitrogens with zero attached hydrogens (tertiary/aromatic N) is 1. The zero-order valence-corrected chi connectivity index (χ0v) is 28.2. The minimum atomic E-state index is -4.50. The number of hydrogen-bond donors (Lipinski definition) is 0. The van der Waals surface area contributed by atoms with E-state index in [1.807, 2.05) is 26.6 Å². The van der Waals surface area contributed by atoms with E-state index in [1.165, 1.54) is 4.90 Å². The van der Waals surface area contributed by atoms with Gasteiger partial charge in [-0.1, -0.05) is 43.3 Å². The van der Waals surface area contributed by atoms with Crippen LogP contribution < -0.4 is 9.05 Å². The van der Waals surface area contributed by atoms with Crippen molar-refractivity contribution in [2.75, 3.05) is 6.61 Å². The Morgan fingerprint density at radius 1 is 0.932 bits per heavy atom. The highest BCUT2D eigenvalue weighted by Crippen LogP contribution is 2.57. The average molecular weight is 646 g/mol. The highest BCUT2D eigenvalue weighted by molar-refractivity contribution is 7.49. The van der Waals surface area contributed by atoms with E-state index in [0.29, 0.717) is 0 Å². The van der Waals surface area contributed by atoms with Crippen LogP contribution in [0.4, 0.5) is 0 Å². The highest BCUT2D eigenvalue weighted by atomic mass is 31.2. The summed E-state index contributed by atoms with van der Waals surface area (Å²) in [6, 6.07) is 16.1. The van der Waals surface area contributed by atoms with Crippen molar-refractivity contribution in [3.63, 3.8) is 0 Å². The fraction of sp³-hybridized carbons (Fsp3) is 0.452. The molecule has 4 rings (SSSR count). The predicted octanol–water partition coefficient (Wildman–Crippen LogP) is 6.29. The second kappa shape index (κ2) is 12.8. The molecule has 1 amide bonds. The van der Waals surface area contributed by atoms with Crippen LogP contribution in [0.25, 0.3) is 0 Å². The van der Waals surface area contributed by atoms with Crippen molar-refractivity contribution < 1.29 is 46.4 Å². The molecule has 4 atom stereocenters. The number of ether oxygens (including phenoxy) is 2. The quantitative estimate of drug-likeness (QED) is 0.113. The zero-order chi connectivity index (χ0) is 32.4. The third kappa shape index (κ3) is 7.72. The van der Waals surface area contributed by atoms with Gasteiger partial charge in [-0.05, 0) is 71.6 Å². The number of carbonyl (C=O) groups is 3. The largest absolute Gasteiger partial charge is 0.646 e. The summed E-state index contributed by atoms with van der Waals surface area (Å²) in [7, 11) is -6.52. The average Bonchev–Trinajstić information content (AvgIpc) is 3.13. The van der Waals surface area contributed by atoms with Crippen molar-refractivity contribution in [3.8, 4) is 11.5 Å². The minimum absolute atomic E-state index is 0.0725. The lowest BCUT2D eigenvalue weighted by Crippen LogP contribution is -2.64. The molecule has 2 aromatic carbocycles. The van der Waals surface area contributed by atoms with Gasteiger partial charge in [0.05, 0.1) is 23.5 Å². The molecule has 238 valence electrons. The van der Waals surface area contributed by atoms with Gasteiger partial charge in [0, 0.05) is 5.92 Å². The van der Waals surface area contributed by atoms with Gasteiger partial charge in [-0.2, -0.15) is 4.57 Å². The highest BCUT2D eigenvalue weighted by Gasteiger charge is 2.62. The molecule has 0 aliphatic carbocycles. The maximum Gasteiger partial charge on any atom is 0.646 e. The topological polar surface area (TPSA) is 127 Å². The van der Waals surface area contributed by atoms with E-state index >= 15 is 0 Å². The van der Waals surface area contributed by atoms with Gasteiger partial charge in [-0.3, -0.25) is 14.5 Å². The second-order valence-electron chi connectivity index (χ2n) is 12.8. The number of amides is 1. The molecule has 11 nitrogen and oxygen atoms in total. The first-order valence-electron chi connectivity index (χ1n) is 14.4. The van der Waals surface area contributed by atoms with Crippen LogP contribution in [0.3, 0.4) is 0 Å².